The molecule has 0 unspecified atom stereocenters. The van der Waals surface area contributed by atoms with Crippen LogP contribution in [0, 0.1) is 0 Å². The number of methoxy groups -OCH3 is 1. The zero-order chi connectivity index (χ0) is 13.8. The van der Waals surface area contributed by atoms with Gasteiger partial charge in [-0.15, -0.1) is 6.58 Å². The fourth-order valence-electron chi connectivity index (χ4n) is 1.66. The highest BCUT2D eigenvalue weighted by Gasteiger charge is 1.95. The number of ether oxygens (including phenoxy) is 3. The molecular weight excluding hydrogens is 240 g/mol. The number of hydrogen-bond acceptors (Lipinski definition) is 3. The lowest BCUT2D eigenvalue weighted by molar-refractivity contribution is 0.111. The summed E-state index contributed by atoms with van der Waals surface area (Å²) in [7, 11) is 1.67. The third-order valence-corrected chi connectivity index (χ3v) is 2.74. The SMILES string of the molecule is C=CCOCCCCCOCc1ccc(OC)cc1. The van der Waals surface area contributed by atoms with Gasteiger partial charge in [0, 0.05) is 13.2 Å². The number of unbranched alkanes of at least 4 members (excludes halogenated alkanes) is 2. The van der Waals surface area contributed by atoms with E-state index in [9.17, 15) is 0 Å². The van der Waals surface area contributed by atoms with E-state index in [2.05, 4.69) is 6.58 Å². The van der Waals surface area contributed by atoms with Gasteiger partial charge in [0.1, 0.15) is 5.75 Å². The summed E-state index contributed by atoms with van der Waals surface area (Å²) in [6.45, 7) is 6.53. The van der Waals surface area contributed by atoms with Crippen molar-refractivity contribution in [2.75, 3.05) is 26.9 Å². The van der Waals surface area contributed by atoms with Gasteiger partial charge in [-0.1, -0.05) is 18.2 Å². The Morgan fingerprint density at radius 3 is 2.32 bits per heavy atom. The fraction of sp³-hybridized carbons (Fsp3) is 0.500. The molecule has 0 N–H and O–H groups in total. The van der Waals surface area contributed by atoms with Gasteiger partial charge in [0.2, 0.25) is 0 Å². The molecule has 0 radical (unpaired) electrons. The predicted molar refractivity (Wildman–Crippen MR) is 77.5 cm³/mol. The Hall–Kier alpha value is -1.32. The highest BCUT2D eigenvalue weighted by molar-refractivity contribution is 5.26. The van der Waals surface area contributed by atoms with Crippen LogP contribution in [-0.4, -0.2) is 26.9 Å². The minimum atomic E-state index is 0.647. The molecule has 0 atom stereocenters. The van der Waals surface area contributed by atoms with E-state index in [1.54, 1.807) is 13.2 Å². The van der Waals surface area contributed by atoms with E-state index in [0.717, 1.165) is 38.2 Å². The highest BCUT2D eigenvalue weighted by atomic mass is 16.5. The molecule has 0 aliphatic rings. The molecule has 106 valence electrons. The van der Waals surface area contributed by atoms with Gasteiger partial charge < -0.3 is 14.2 Å². The molecule has 0 aliphatic heterocycles. The van der Waals surface area contributed by atoms with E-state index in [-0.39, 0.29) is 0 Å². The summed E-state index contributed by atoms with van der Waals surface area (Å²) >= 11 is 0. The summed E-state index contributed by atoms with van der Waals surface area (Å²) in [5.41, 5.74) is 1.18. The van der Waals surface area contributed by atoms with Crippen molar-refractivity contribution < 1.29 is 14.2 Å². The first-order chi connectivity index (χ1) is 9.36. The van der Waals surface area contributed by atoms with Crippen LogP contribution in [0.3, 0.4) is 0 Å². The second kappa shape index (κ2) is 10.6. The van der Waals surface area contributed by atoms with Crippen molar-refractivity contribution in [2.24, 2.45) is 0 Å². The molecule has 1 aromatic carbocycles. The quantitative estimate of drug-likeness (QED) is 0.451. The molecule has 0 amide bonds. The molecular formula is C16H24O3. The van der Waals surface area contributed by atoms with Gasteiger partial charge >= 0.3 is 0 Å². The Labute approximate surface area is 116 Å². The van der Waals surface area contributed by atoms with Gasteiger partial charge in [-0.2, -0.15) is 0 Å². The first-order valence-corrected chi connectivity index (χ1v) is 6.76. The lowest BCUT2D eigenvalue weighted by Gasteiger charge is -2.06. The van der Waals surface area contributed by atoms with Crippen LogP contribution in [0.4, 0.5) is 0 Å². The van der Waals surface area contributed by atoms with Gasteiger partial charge in [0.05, 0.1) is 20.3 Å². The first-order valence-electron chi connectivity index (χ1n) is 6.76. The topological polar surface area (TPSA) is 27.7 Å². The summed E-state index contributed by atoms with van der Waals surface area (Å²) < 4.78 is 16.0. The maximum atomic E-state index is 5.62. The zero-order valence-electron chi connectivity index (χ0n) is 11.8. The monoisotopic (exact) mass is 264 g/mol. The van der Waals surface area contributed by atoms with Crippen molar-refractivity contribution in [3.8, 4) is 5.75 Å². The summed E-state index contributed by atoms with van der Waals surface area (Å²) in [5, 5.41) is 0. The molecule has 0 spiro atoms. The van der Waals surface area contributed by atoms with Crippen molar-refractivity contribution >= 4 is 0 Å². The van der Waals surface area contributed by atoms with E-state index in [1.165, 1.54) is 5.56 Å². The Bertz CT molecular complexity index is 332. The molecule has 1 aromatic rings. The summed E-state index contributed by atoms with van der Waals surface area (Å²) in [4.78, 5) is 0. The smallest absolute Gasteiger partial charge is 0.118 e. The minimum Gasteiger partial charge on any atom is -0.497 e. The normalized spacial score (nSPS) is 10.4. The lowest BCUT2D eigenvalue weighted by Crippen LogP contribution is -1.98. The largest absolute Gasteiger partial charge is 0.497 e. The molecule has 0 heterocycles. The van der Waals surface area contributed by atoms with Crippen molar-refractivity contribution in [3.63, 3.8) is 0 Å². The molecule has 0 saturated carbocycles. The van der Waals surface area contributed by atoms with Gasteiger partial charge in [0.15, 0.2) is 0 Å². The van der Waals surface area contributed by atoms with Crippen LogP contribution in [0.5, 0.6) is 5.75 Å². The number of rotatable bonds is 11. The molecule has 19 heavy (non-hydrogen) atoms. The highest BCUT2D eigenvalue weighted by Crippen LogP contribution is 2.12. The van der Waals surface area contributed by atoms with Crippen LogP contribution < -0.4 is 4.74 Å². The average molecular weight is 264 g/mol. The lowest BCUT2D eigenvalue weighted by atomic mass is 10.2. The number of benzene rings is 1. The molecule has 3 heteroatoms. The third kappa shape index (κ3) is 7.65. The molecule has 0 fully saturated rings. The molecule has 0 aromatic heterocycles. The van der Waals surface area contributed by atoms with Crippen LogP contribution in [0.25, 0.3) is 0 Å². The van der Waals surface area contributed by atoms with E-state index in [4.69, 9.17) is 14.2 Å². The standard InChI is InChI=1S/C16H24O3/c1-3-11-18-12-5-4-6-13-19-14-15-7-9-16(17-2)10-8-15/h3,7-10H,1,4-6,11-14H2,2H3. The summed E-state index contributed by atoms with van der Waals surface area (Å²) in [5.74, 6) is 0.878. The zero-order valence-corrected chi connectivity index (χ0v) is 11.8. The Morgan fingerprint density at radius 1 is 1.00 bits per heavy atom. The Morgan fingerprint density at radius 2 is 1.68 bits per heavy atom. The van der Waals surface area contributed by atoms with Crippen molar-refractivity contribution in [1.82, 2.24) is 0 Å². The molecule has 0 bridgehead atoms. The molecule has 1 rings (SSSR count). The second-order valence-electron chi connectivity index (χ2n) is 4.32. The van der Waals surface area contributed by atoms with Gasteiger partial charge in [-0.3, -0.25) is 0 Å². The summed E-state index contributed by atoms with van der Waals surface area (Å²) in [6.07, 6.45) is 5.07. The molecule has 3 nitrogen and oxygen atoms in total. The van der Waals surface area contributed by atoms with E-state index < -0.39 is 0 Å². The van der Waals surface area contributed by atoms with Crippen LogP contribution >= 0.6 is 0 Å². The van der Waals surface area contributed by atoms with Gasteiger partial charge in [-0.05, 0) is 37.0 Å². The number of hydrogen-bond donors (Lipinski definition) is 0. The van der Waals surface area contributed by atoms with Crippen LogP contribution in [0.1, 0.15) is 24.8 Å². The maximum absolute atomic E-state index is 5.62. The molecule has 0 saturated heterocycles. The third-order valence-electron chi connectivity index (χ3n) is 2.74. The van der Waals surface area contributed by atoms with E-state index in [1.807, 2.05) is 24.3 Å². The summed E-state index contributed by atoms with van der Waals surface area (Å²) in [6, 6.07) is 7.97. The Kier molecular flexibility index (Phi) is 8.77. The maximum Gasteiger partial charge on any atom is 0.118 e. The average Bonchev–Trinajstić information content (AvgIpc) is 2.46. The van der Waals surface area contributed by atoms with Crippen molar-refractivity contribution in [1.29, 1.82) is 0 Å². The van der Waals surface area contributed by atoms with E-state index in [0.29, 0.717) is 13.2 Å². The fourth-order valence-corrected chi connectivity index (χ4v) is 1.66. The van der Waals surface area contributed by atoms with Crippen LogP contribution in [0.2, 0.25) is 0 Å². The van der Waals surface area contributed by atoms with Gasteiger partial charge in [0.25, 0.3) is 0 Å². The van der Waals surface area contributed by atoms with Gasteiger partial charge in [-0.25, -0.2) is 0 Å². The van der Waals surface area contributed by atoms with E-state index >= 15 is 0 Å². The van der Waals surface area contributed by atoms with Crippen molar-refractivity contribution in [3.05, 3.63) is 42.5 Å². The van der Waals surface area contributed by atoms with Crippen molar-refractivity contribution in [2.45, 2.75) is 25.9 Å². The first kappa shape index (κ1) is 15.7. The molecule has 0 aliphatic carbocycles. The van der Waals surface area contributed by atoms with Crippen LogP contribution in [0.15, 0.2) is 36.9 Å². The second-order valence-corrected chi connectivity index (χ2v) is 4.32. The Balaban J connectivity index is 1.96. The van der Waals surface area contributed by atoms with Crippen LogP contribution in [-0.2, 0) is 16.1 Å². The minimum absolute atomic E-state index is 0.647. The predicted octanol–water partition coefficient (Wildman–Crippen LogP) is 3.58.